The zero-order valence-corrected chi connectivity index (χ0v) is 12.8. The highest BCUT2D eigenvalue weighted by Gasteiger charge is 2.42. The Morgan fingerprint density at radius 3 is 2.15 bits per heavy atom. The van der Waals surface area contributed by atoms with E-state index in [2.05, 4.69) is 4.90 Å². The molecule has 114 valence electrons. The molecule has 1 unspecified atom stereocenters. The van der Waals surface area contributed by atoms with Crippen molar-refractivity contribution >= 4 is 5.91 Å². The molecule has 1 saturated carbocycles. The summed E-state index contributed by atoms with van der Waals surface area (Å²) in [5.41, 5.74) is 0. The molecule has 3 fully saturated rings. The molecular formula is C16H28N2O2. The number of carbonyl (C=O) groups is 1. The van der Waals surface area contributed by atoms with Crippen LogP contribution in [0.25, 0.3) is 0 Å². The van der Waals surface area contributed by atoms with Crippen LogP contribution in [0, 0.1) is 17.8 Å². The van der Waals surface area contributed by atoms with Crippen LogP contribution < -0.4 is 0 Å². The molecule has 3 rings (SSSR count). The maximum absolute atomic E-state index is 12.0. The van der Waals surface area contributed by atoms with Crippen molar-refractivity contribution in [3.05, 3.63) is 0 Å². The molecule has 0 aromatic carbocycles. The fraction of sp³-hybridized carbons (Fsp3) is 0.938. The van der Waals surface area contributed by atoms with Crippen molar-refractivity contribution < 1.29 is 9.90 Å². The molecule has 4 heteroatoms. The number of carbonyl (C=O) groups excluding carboxylic acids is 1. The van der Waals surface area contributed by atoms with Crippen LogP contribution in [-0.2, 0) is 4.79 Å². The van der Waals surface area contributed by atoms with Gasteiger partial charge in [-0.2, -0.15) is 0 Å². The molecule has 0 spiro atoms. The molecular weight excluding hydrogens is 252 g/mol. The second kappa shape index (κ2) is 5.64. The Morgan fingerprint density at radius 1 is 1.10 bits per heavy atom. The Kier molecular flexibility index (Phi) is 4.04. The van der Waals surface area contributed by atoms with Gasteiger partial charge in [-0.1, -0.05) is 13.8 Å². The number of hydrogen-bond acceptors (Lipinski definition) is 3. The van der Waals surface area contributed by atoms with Crippen molar-refractivity contribution in [1.82, 2.24) is 9.80 Å². The van der Waals surface area contributed by atoms with E-state index in [1.54, 1.807) is 0 Å². The van der Waals surface area contributed by atoms with Crippen molar-refractivity contribution in [2.24, 2.45) is 17.8 Å². The van der Waals surface area contributed by atoms with Crippen molar-refractivity contribution in [3.8, 4) is 0 Å². The minimum absolute atomic E-state index is 0.0438. The number of amides is 1. The molecule has 2 aliphatic heterocycles. The molecule has 0 bridgehead atoms. The number of nitrogens with zero attached hydrogens (tertiary/aromatic N) is 2. The van der Waals surface area contributed by atoms with Gasteiger partial charge in [0.25, 0.3) is 0 Å². The fourth-order valence-corrected chi connectivity index (χ4v) is 4.42. The van der Waals surface area contributed by atoms with Crippen LogP contribution in [0.5, 0.6) is 0 Å². The molecule has 3 aliphatic rings. The molecule has 1 aliphatic carbocycles. The van der Waals surface area contributed by atoms with E-state index in [-0.39, 0.29) is 12.0 Å². The summed E-state index contributed by atoms with van der Waals surface area (Å²) in [5, 5.41) is 9.72. The SMILES string of the molecule is CC(C)C(=O)N1CCC(N2C[C@H]3CC(O)C[C@H]3C2)CC1. The zero-order chi connectivity index (χ0) is 14.3. The van der Waals surface area contributed by atoms with Gasteiger partial charge < -0.3 is 10.0 Å². The predicted molar refractivity (Wildman–Crippen MR) is 78.2 cm³/mol. The maximum atomic E-state index is 12.0. The largest absolute Gasteiger partial charge is 0.393 e. The second-order valence-corrected chi connectivity index (χ2v) is 7.31. The lowest BCUT2D eigenvalue weighted by Crippen LogP contribution is -2.47. The topological polar surface area (TPSA) is 43.8 Å². The highest BCUT2D eigenvalue weighted by Crippen LogP contribution is 2.39. The van der Waals surface area contributed by atoms with Crippen LogP contribution in [0.4, 0.5) is 0 Å². The molecule has 1 N–H and O–H groups in total. The fourth-order valence-electron chi connectivity index (χ4n) is 4.42. The summed E-state index contributed by atoms with van der Waals surface area (Å²) < 4.78 is 0. The van der Waals surface area contributed by atoms with Crippen molar-refractivity contribution in [2.75, 3.05) is 26.2 Å². The first-order chi connectivity index (χ1) is 9.54. The Labute approximate surface area is 122 Å². The summed E-state index contributed by atoms with van der Waals surface area (Å²) in [7, 11) is 0. The molecule has 0 radical (unpaired) electrons. The van der Waals surface area contributed by atoms with Crippen LogP contribution in [0.3, 0.4) is 0 Å². The van der Waals surface area contributed by atoms with E-state index in [9.17, 15) is 9.90 Å². The van der Waals surface area contributed by atoms with E-state index in [0.717, 1.165) is 50.6 Å². The molecule has 2 saturated heterocycles. The highest BCUT2D eigenvalue weighted by atomic mass is 16.3. The first-order valence-electron chi connectivity index (χ1n) is 8.25. The van der Waals surface area contributed by atoms with Crippen LogP contribution in [0.15, 0.2) is 0 Å². The van der Waals surface area contributed by atoms with Gasteiger partial charge >= 0.3 is 0 Å². The van der Waals surface area contributed by atoms with Gasteiger partial charge in [-0.3, -0.25) is 9.69 Å². The maximum Gasteiger partial charge on any atom is 0.225 e. The molecule has 0 aromatic rings. The summed E-state index contributed by atoms with van der Waals surface area (Å²) in [4.78, 5) is 16.7. The van der Waals surface area contributed by atoms with Crippen molar-refractivity contribution in [1.29, 1.82) is 0 Å². The molecule has 2 heterocycles. The minimum Gasteiger partial charge on any atom is -0.393 e. The number of fused-ring (bicyclic) bond motifs is 1. The van der Waals surface area contributed by atoms with E-state index in [1.807, 2.05) is 18.7 Å². The van der Waals surface area contributed by atoms with Gasteiger partial charge in [0.15, 0.2) is 0 Å². The van der Waals surface area contributed by atoms with Gasteiger partial charge in [-0.05, 0) is 37.5 Å². The molecule has 1 amide bonds. The summed E-state index contributed by atoms with van der Waals surface area (Å²) in [5.74, 6) is 1.88. The lowest BCUT2D eigenvalue weighted by Gasteiger charge is -2.37. The van der Waals surface area contributed by atoms with Crippen molar-refractivity contribution in [2.45, 2.75) is 51.7 Å². The molecule has 4 nitrogen and oxygen atoms in total. The Balaban J connectivity index is 1.49. The Bertz CT molecular complexity index is 349. The van der Waals surface area contributed by atoms with Crippen molar-refractivity contribution in [3.63, 3.8) is 0 Å². The van der Waals surface area contributed by atoms with Crippen LogP contribution >= 0.6 is 0 Å². The normalized spacial score (nSPS) is 35.8. The Hall–Kier alpha value is -0.610. The molecule has 20 heavy (non-hydrogen) atoms. The smallest absolute Gasteiger partial charge is 0.225 e. The Morgan fingerprint density at radius 2 is 1.65 bits per heavy atom. The monoisotopic (exact) mass is 280 g/mol. The highest BCUT2D eigenvalue weighted by molar-refractivity contribution is 5.78. The van der Waals surface area contributed by atoms with E-state index in [1.165, 1.54) is 13.1 Å². The van der Waals surface area contributed by atoms with Crippen LogP contribution in [-0.4, -0.2) is 59.1 Å². The van der Waals surface area contributed by atoms with Gasteiger partial charge in [0.2, 0.25) is 5.91 Å². The average molecular weight is 280 g/mol. The number of piperidine rings is 1. The zero-order valence-electron chi connectivity index (χ0n) is 12.8. The molecule has 3 atom stereocenters. The summed E-state index contributed by atoms with van der Waals surface area (Å²) in [6.45, 7) is 8.17. The summed E-state index contributed by atoms with van der Waals surface area (Å²) in [6, 6.07) is 0.661. The van der Waals surface area contributed by atoms with Crippen LogP contribution in [0.2, 0.25) is 0 Å². The average Bonchev–Trinajstić information content (AvgIpc) is 2.95. The minimum atomic E-state index is -0.0438. The van der Waals surface area contributed by atoms with E-state index < -0.39 is 0 Å². The third-order valence-corrected chi connectivity index (χ3v) is 5.54. The van der Waals surface area contributed by atoms with Gasteiger partial charge in [0.1, 0.15) is 0 Å². The number of aliphatic hydroxyl groups excluding tert-OH is 1. The first-order valence-corrected chi connectivity index (χ1v) is 8.25. The van der Waals surface area contributed by atoms with E-state index in [4.69, 9.17) is 0 Å². The number of aliphatic hydroxyl groups is 1. The summed E-state index contributed by atoms with van der Waals surface area (Å²) in [6.07, 6.45) is 4.22. The molecule has 0 aromatic heterocycles. The van der Waals surface area contributed by atoms with Gasteiger partial charge in [-0.15, -0.1) is 0 Å². The second-order valence-electron chi connectivity index (χ2n) is 7.31. The quantitative estimate of drug-likeness (QED) is 0.830. The summed E-state index contributed by atoms with van der Waals surface area (Å²) >= 11 is 0. The van der Waals surface area contributed by atoms with Gasteiger partial charge in [0, 0.05) is 38.1 Å². The number of likely N-dealkylation sites (tertiary alicyclic amines) is 2. The van der Waals surface area contributed by atoms with E-state index >= 15 is 0 Å². The third kappa shape index (κ3) is 2.73. The van der Waals surface area contributed by atoms with Gasteiger partial charge in [-0.25, -0.2) is 0 Å². The first kappa shape index (κ1) is 14.3. The third-order valence-electron chi connectivity index (χ3n) is 5.54. The van der Waals surface area contributed by atoms with Crippen LogP contribution in [0.1, 0.15) is 39.5 Å². The number of hydrogen-bond donors (Lipinski definition) is 1. The standard InChI is InChI=1S/C16H28N2O2/c1-11(2)16(20)17-5-3-14(4-6-17)18-9-12-7-15(19)8-13(12)10-18/h11-15,19H,3-10H2,1-2H3/t12-,13+,15?. The lowest BCUT2D eigenvalue weighted by atomic mass is 10.0. The number of rotatable bonds is 2. The predicted octanol–water partition coefficient (Wildman–Crippen LogP) is 1.34. The van der Waals surface area contributed by atoms with Gasteiger partial charge in [0.05, 0.1) is 6.10 Å². The van der Waals surface area contributed by atoms with E-state index in [0.29, 0.717) is 11.9 Å². The lowest BCUT2D eigenvalue weighted by molar-refractivity contribution is -0.136.